The molecule has 0 aliphatic heterocycles. The SMILES string of the molecule is CCCCOCCn1nnnc1-c1cc(N)ccc1Cl. The first-order chi connectivity index (χ1) is 9.72. The van der Waals surface area contributed by atoms with E-state index >= 15 is 0 Å². The molecule has 1 aromatic heterocycles. The van der Waals surface area contributed by atoms with Gasteiger partial charge >= 0.3 is 0 Å². The van der Waals surface area contributed by atoms with Gasteiger partial charge in [-0.05, 0) is 35.0 Å². The Balaban J connectivity index is 2.06. The van der Waals surface area contributed by atoms with E-state index in [0.717, 1.165) is 25.0 Å². The van der Waals surface area contributed by atoms with Crippen molar-refractivity contribution in [3.8, 4) is 11.4 Å². The van der Waals surface area contributed by atoms with Crippen LogP contribution in [0.15, 0.2) is 18.2 Å². The molecular formula is C13H18ClN5O. The summed E-state index contributed by atoms with van der Waals surface area (Å²) in [5.41, 5.74) is 7.13. The molecule has 0 fully saturated rings. The van der Waals surface area contributed by atoms with Crippen molar-refractivity contribution in [2.75, 3.05) is 18.9 Å². The molecule has 0 aliphatic rings. The summed E-state index contributed by atoms with van der Waals surface area (Å²) in [5.74, 6) is 0.599. The Bertz CT molecular complexity index is 557. The molecule has 0 saturated heterocycles. The molecule has 0 bridgehead atoms. The van der Waals surface area contributed by atoms with E-state index in [1.54, 1.807) is 22.9 Å². The van der Waals surface area contributed by atoms with Crippen LogP contribution in [-0.4, -0.2) is 33.4 Å². The quantitative estimate of drug-likeness (QED) is 0.627. The minimum absolute atomic E-state index is 0.567. The molecule has 0 saturated carbocycles. The van der Waals surface area contributed by atoms with Crippen molar-refractivity contribution in [1.29, 1.82) is 0 Å². The highest BCUT2D eigenvalue weighted by Crippen LogP contribution is 2.27. The molecular weight excluding hydrogens is 278 g/mol. The smallest absolute Gasteiger partial charge is 0.183 e. The van der Waals surface area contributed by atoms with Gasteiger partial charge in [-0.2, -0.15) is 0 Å². The van der Waals surface area contributed by atoms with Crippen LogP contribution >= 0.6 is 11.6 Å². The third kappa shape index (κ3) is 3.68. The van der Waals surface area contributed by atoms with Crippen LogP contribution in [0.3, 0.4) is 0 Å². The normalized spacial score (nSPS) is 10.9. The summed E-state index contributed by atoms with van der Waals surface area (Å²) in [4.78, 5) is 0. The molecule has 20 heavy (non-hydrogen) atoms. The number of nitrogens with zero attached hydrogens (tertiary/aromatic N) is 4. The fraction of sp³-hybridized carbons (Fsp3) is 0.462. The van der Waals surface area contributed by atoms with Gasteiger partial charge in [-0.25, -0.2) is 4.68 Å². The van der Waals surface area contributed by atoms with Crippen LogP contribution in [0, 0.1) is 0 Å². The number of halogens is 1. The van der Waals surface area contributed by atoms with Gasteiger partial charge in [0.2, 0.25) is 0 Å². The Hall–Kier alpha value is -1.66. The first-order valence-electron chi connectivity index (χ1n) is 6.61. The summed E-state index contributed by atoms with van der Waals surface area (Å²) in [6.45, 7) is 4.03. The van der Waals surface area contributed by atoms with Gasteiger partial charge in [0, 0.05) is 17.9 Å². The molecule has 0 radical (unpaired) electrons. The molecule has 1 heterocycles. The molecule has 6 nitrogen and oxygen atoms in total. The van der Waals surface area contributed by atoms with Gasteiger partial charge in [-0.15, -0.1) is 5.10 Å². The fourth-order valence-corrected chi connectivity index (χ4v) is 1.96. The van der Waals surface area contributed by atoms with E-state index in [0.29, 0.717) is 29.7 Å². The van der Waals surface area contributed by atoms with E-state index < -0.39 is 0 Å². The standard InChI is InChI=1S/C13H18ClN5O/c1-2-3-7-20-8-6-19-13(16-17-18-19)11-9-10(15)4-5-12(11)14/h4-5,9H,2-3,6-8,15H2,1H3. The van der Waals surface area contributed by atoms with Crippen molar-refractivity contribution >= 4 is 17.3 Å². The third-order valence-electron chi connectivity index (χ3n) is 2.85. The van der Waals surface area contributed by atoms with Gasteiger partial charge in [0.25, 0.3) is 0 Å². The van der Waals surface area contributed by atoms with E-state index in [2.05, 4.69) is 22.4 Å². The number of nitrogens with two attached hydrogens (primary N) is 1. The van der Waals surface area contributed by atoms with E-state index in [4.69, 9.17) is 22.1 Å². The van der Waals surface area contributed by atoms with E-state index in [-0.39, 0.29) is 0 Å². The highest BCUT2D eigenvalue weighted by atomic mass is 35.5. The van der Waals surface area contributed by atoms with Crippen molar-refractivity contribution in [2.45, 2.75) is 26.3 Å². The summed E-state index contributed by atoms with van der Waals surface area (Å²) in [6.07, 6.45) is 2.18. The molecule has 0 atom stereocenters. The molecule has 1 aromatic carbocycles. The second-order valence-electron chi connectivity index (χ2n) is 4.43. The third-order valence-corrected chi connectivity index (χ3v) is 3.18. The summed E-state index contributed by atoms with van der Waals surface area (Å²) >= 11 is 6.17. The molecule has 0 spiro atoms. The van der Waals surface area contributed by atoms with Crippen LogP contribution in [-0.2, 0) is 11.3 Å². The molecule has 0 amide bonds. The van der Waals surface area contributed by atoms with Gasteiger partial charge in [0.1, 0.15) is 0 Å². The van der Waals surface area contributed by atoms with Crippen molar-refractivity contribution in [1.82, 2.24) is 20.2 Å². The zero-order valence-corrected chi connectivity index (χ0v) is 12.2. The lowest BCUT2D eigenvalue weighted by Crippen LogP contribution is -2.10. The van der Waals surface area contributed by atoms with Gasteiger partial charge in [0.15, 0.2) is 5.82 Å². The van der Waals surface area contributed by atoms with Crippen LogP contribution in [0.2, 0.25) is 5.02 Å². The monoisotopic (exact) mass is 295 g/mol. The number of anilines is 1. The van der Waals surface area contributed by atoms with Crippen LogP contribution in [0.25, 0.3) is 11.4 Å². The summed E-state index contributed by atoms with van der Waals surface area (Å²) in [7, 11) is 0. The maximum Gasteiger partial charge on any atom is 0.183 e. The Morgan fingerprint density at radius 1 is 1.35 bits per heavy atom. The molecule has 0 aliphatic carbocycles. The van der Waals surface area contributed by atoms with E-state index in [1.807, 2.05) is 0 Å². The lowest BCUT2D eigenvalue weighted by atomic mass is 10.2. The average molecular weight is 296 g/mol. The fourth-order valence-electron chi connectivity index (χ4n) is 1.76. The number of rotatable bonds is 7. The Morgan fingerprint density at radius 3 is 3.00 bits per heavy atom. The molecule has 2 N–H and O–H groups in total. The Kier molecular flexibility index (Phi) is 5.31. The van der Waals surface area contributed by atoms with Crippen LogP contribution in [0.5, 0.6) is 0 Å². The number of nitrogen functional groups attached to an aromatic ring is 1. The minimum atomic E-state index is 0.567. The Morgan fingerprint density at radius 2 is 2.20 bits per heavy atom. The van der Waals surface area contributed by atoms with Crippen LogP contribution in [0.1, 0.15) is 19.8 Å². The molecule has 2 rings (SSSR count). The number of unbranched alkanes of at least 4 members (excludes halogenated alkanes) is 1. The van der Waals surface area contributed by atoms with Gasteiger partial charge < -0.3 is 10.5 Å². The summed E-state index contributed by atoms with van der Waals surface area (Å²) in [5, 5.41) is 12.2. The number of aromatic nitrogens is 4. The highest BCUT2D eigenvalue weighted by molar-refractivity contribution is 6.33. The number of ether oxygens (including phenoxy) is 1. The lowest BCUT2D eigenvalue weighted by Gasteiger charge is -2.07. The topological polar surface area (TPSA) is 78.8 Å². The van der Waals surface area contributed by atoms with Crippen molar-refractivity contribution in [3.05, 3.63) is 23.2 Å². The predicted molar refractivity (Wildman–Crippen MR) is 78.4 cm³/mol. The second kappa shape index (κ2) is 7.21. The first kappa shape index (κ1) is 14.7. The van der Waals surface area contributed by atoms with Gasteiger partial charge in [-0.3, -0.25) is 0 Å². The Labute approximate surface area is 122 Å². The molecule has 0 unspecified atom stereocenters. The van der Waals surface area contributed by atoms with Crippen LogP contribution in [0.4, 0.5) is 5.69 Å². The van der Waals surface area contributed by atoms with Crippen LogP contribution < -0.4 is 5.73 Å². The van der Waals surface area contributed by atoms with Crippen molar-refractivity contribution < 1.29 is 4.74 Å². The highest BCUT2D eigenvalue weighted by Gasteiger charge is 2.12. The summed E-state index contributed by atoms with van der Waals surface area (Å²) in [6, 6.07) is 5.25. The molecule has 7 heteroatoms. The van der Waals surface area contributed by atoms with Crippen molar-refractivity contribution in [2.24, 2.45) is 0 Å². The van der Waals surface area contributed by atoms with E-state index in [1.165, 1.54) is 0 Å². The molecule has 108 valence electrons. The lowest BCUT2D eigenvalue weighted by molar-refractivity contribution is 0.121. The number of hydrogen-bond donors (Lipinski definition) is 1. The van der Waals surface area contributed by atoms with E-state index in [9.17, 15) is 0 Å². The maximum atomic E-state index is 6.17. The second-order valence-corrected chi connectivity index (χ2v) is 4.84. The van der Waals surface area contributed by atoms with Gasteiger partial charge in [-0.1, -0.05) is 24.9 Å². The largest absolute Gasteiger partial charge is 0.399 e. The minimum Gasteiger partial charge on any atom is -0.399 e. The first-order valence-corrected chi connectivity index (χ1v) is 6.99. The van der Waals surface area contributed by atoms with Crippen molar-refractivity contribution in [3.63, 3.8) is 0 Å². The number of benzene rings is 1. The molecule has 2 aromatic rings. The maximum absolute atomic E-state index is 6.17. The number of tetrazole rings is 1. The average Bonchev–Trinajstić information content (AvgIpc) is 2.89. The van der Waals surface area contributed by atoms with Gasteiger partial charge in [0.05, 0.1) is 18.2 Å². The predicted octanol–water partition coefficient (Wildman–Crippen LogP) is 2.39. The number of hydrogen-bond acceptors (Lipinski definition) is 5. The zero-order chi connectivity index (χ0) is 14.4. The summed E-state index contributed by atoms with van der Waals surface area (Å²) < 4.78 is 7.19. The zero-order valence-electron chi connectivity index (χ0n) is 11.4.